The number of nitrogens with one attached hydrogen (secondary N) is 1. The SMILES string of the molecule is CC(C)COc1nc(NC(C)CS(C)(=O)=O)ccc1N. The monoisotopic (exact) mass is 301 g/mol. The number of pyridine rings is 1. The molecule has 0 saturated heterocycles. The molecule has 0 bridgehead atoms. The summed E-state index contributed by atoms with van der Waals surface area (Å²) in [5.74, 6) is 1.34. The Bertz CT molecular complexity index is 544. The third kappa shape index (κ3) is 6.10. The summed E-state index contributed by atoms with van der Waals surface area (Å²) in [5.41, 5.74) is 6.26. The van der Waals surface area contributed by atoms with Gasteiger partial charge in [-0.2, -0.15) is 4.98 Å². The first kappa shape index (κ1) is 16.6. The Labute approximate surface area is 120 Å². The number of nitrogen functional groups attached to an aromatic ring is 1. The summed E-state index contributed by atoms with van der Waals surface area (Å²) < 4.78 is 28.0. The molecule has 20 heavy (non-hydrogen) atoms. The van der Waals surface area contributed by atoms with Crippen molar-refractivity contribution in [2.45, 2.75) is 26.8 Å². The third-order valence-electron chi connectivity index (χ3n) is 2.39. The zero-order chi connectivity index (χ0) is 15.3. The lowest BCUT2D eigenvalue weighted by Crippen LogP contribution is -2.25. The number of anilines is 2. The first-order valence-electron chi connectivity index (χ1n) is 6.51. The number of nitrogens with two attached hydrogens (primary N) is 1. The van der Waals surface area contributed by atoms with E-state index in [0.717, 1.165) is 0 Å². The Kier molecular flexibility index (Phi) is 5.62. The van der Waals surface area contributed by atoms with Crippen molar-refractivity contribution in [1.29, 1.82) is 0 Å². The third-order valence-corrected chi connectivity index (χ3v) is 3.50. The van der Waals surface area contributed by atoms with Gasteiger partial charge < -0.3 is 15.8 Å². The van der Waals surface area contributed by atoms with Crippen molar-refractivity contribution in [3.63, 3.8) is 0 Å². The van der Waals surface area contributed by atoms with Crippen LogP contribution in [0.3, 0.4) is 0 Å². The molecule has 0 amide bonds. The minimum atomic E-state index is -3.03. The van der Waals surface area contributed by atoms with E-state index in [9.17, 15) is 8.42 Å². The molecule has 1 unspecified atom stereocenters. The Hall–Kier alpha value is -1.50. The number of aromatic nitrogens is 1. The molecular formula is C13H23N3O3S. The number of ether oxygens (including phenoxy) is 1. The molecule has 0 fully saturated rings. The van der Waals surface area contributed by atoms with Crippen molar-refractivity contribution in [3.05, 3.63) is 12.1 Å². The van der Waals surface area contributed by atoms with Crippen LogP contribution in [0.15, 0.2) is 12.1 Å². The van der Waals surface area contributed by atoms with Gasteiger partial charge >= 0.3 is 0 Å². The van der Waals surface area contributed by atoms with Crippen LogP contribution < -0.4 is 15.8 Å². The maximum absolute atomic E-state index is 11.2. The predicted octanol–water partition coefficient (Wildman–Crippen LogP) is 1.54. The van der Waals surface area contributed by atoms with Crippen molar-refractivity contribution in [3.8, 4) is 5.88 Å². The van der Waals surface area contributed by atoms with E-state index >= 15 is 0 Å². The van der Waals surface area contributed by atoms with Crippen molar-refractivity contribution in [2.75, 3.05) is 29.7 Å². The van der Waals surface area contributed by atoms with E-state index in [1.165, 1.54) is 6.26 Å². The molecule has 0 aliphatic heterocycles. The fraction of sp³-hybridized carbons (Fsp3) is 0.615. The lowest BCUT2D eigenvalue weighted by molar-refractivity contribution is 0.263. The molecule has 1 atom stereocenters. The summed E-state index contributed by atoms with van der Waals surface area (Å²) in [6.45, 7) is 6.38. The summed E-state index contributed by atoms with van der Waals surface area (Å²) in [6.07, 6.45) is 1.21. The summed E-state index contributed by atoms with van der Waals surface area (Å²) >= 11 is 0. The van der Waals surface area contributed by atoms with Crippen LogP contribution >= 0.6 is 0 Å². The molecule has 7 heteroatoms. The van der Waals surface area contributed by atoms with Gasteiger partial charge in [0.15, 0.2) is 0 Å². The van der Waals surface area contributed by atoms with Crippen LogP contribution in [0.1, 0.15) is 20.8 Å². The summed E-state index contributed by atoms with van der Waals surface area (Å²) in [7, 11) is -3.03. The lowest BCUT2D eigenvalue weighted by atomic mass is 10.2. The Morgan fingerprint density at radius 1 is 1.35 bits per heavy atom. The molecule has 1 aromatic heterocycles. The molecular weight excluding hydrogens is 278 g/mol. The summed E-state index contributed by atoms with van der Waals surface area (Å²) in [5, 5.41) is 3.03. The molecule has 0 spiro atoms. The highest BCUT2D eigenvalue weighted by molar-refractivity contribution is 7.90. The minimum absolute atomic E-state index is 0.0429. The van der Waals surface area contributed by atoms with Gasteiger partial charge in [0.05, 0.1) is 18.0 Å². The van der Waals surface area contributed by atoms with Crippen molar-refractivity contribution >= 4 is 21.3 Å². The van der Waals surface area contributed by atoms with Crippen LogP contribution in [0, 0.1) is 5.92 Å². The quantitative estimate of drug-likeness (QED) is 0.793. The van der Waals surface area contributed by atoms with E-state index in [2.05, 4.69) is 10.3 Å². The van der Waals surface area contributed by atoms with Gasteiger partial charge in [0.1, 0.15) is 15.7 Å². The van der Waals surface area contributed by atoms with Crippen LogP contribution in [-0.4, -0.2) is 38.1 Å². The lowest BCUT2D eigenvalue weighted by Gasteiger charge is -2.15. The summed E-state index contributed by atoms with van der Waals surface area (Å²) in [6, 6.07) is 3.16. The average Bonchev–Trinajstić information content (AvgIpc) is 2.27. The largest absolute Gasteiger partial charge is 0.476 e. The maximum atomic E-state index is 11.2. The number of sulfone groups is 1. The topological polar surface area (TPSA) is 94.3 Å². The zero-order valence-electron chi connectivity index (χ0n) is 12.4. The molecule has 3 N–H and O–H groups in total. The molecule has 6 nitrogen and oxygen atoms in total. The molecule has 1 heterocycles. The van der Waals surface area contributed by atoms with E-state index in [1.54, 1.807) is 19.1 Å². The molecule has 1 aromatic rings. The van der Waals surface area contributed by atoms with E-state index in [-0.39, 0.29) is 11.8 Å². The van der Waals surface area contributed by atoms with Gasteiger partial charge in [-0.3, -0.25) is 0 Å². The van der Waals surface area contributed by atoms with Gasteiger partial charge in [-0.1, -0.05) is 13.8 Å². The van der Waals surface area contributed by atoms with Gasteiger partial charge in [-0.15, -0.1) is 0 Å². The standard InChI is InChI=1S/C13H23N3O3S/c1-9(2)7-19-13-11(14)5-6-12(16-13)15-10(3)8-20(4,17)18/h5-6,9-10H,7-8,14H2,1-4H3,(H,15,16). The van der Waals surface area contributed by atoms with Crippen LogP contribution in [0.2, 0.25) is 0 Å². The Morgan fingerprint density at radius 3 is 2.55 bits per heavy atom. The molecule has 1 rings (SSSR count). The van der Waals surface area contributed by atoms with Crippen LogP contribution in [0.5, 0.6) is 5.88 Å². The predicted molar refractivity (Wildman–Crippen MR) is 81.8 cm³/mol. The number of hydrogen-bond acceptors (Lipinski definition) is 6. The first-order valence-corrected chi connectivity index (χ1v) is 8.57. The highest BCUT2D eigenvalue weighted by Crippen LogP contribution is 2.21. The van der Waals surface area contributed by atoms with E-state index in [1.807, 2.05) is 13.8 Å². The van der Waals surface area contributed by atoms with Gasteiger partial charge in [-0.25, -0.2) is 8.42 Å². The first-order chi connectivity index (χ1) is 9.17. The second-order valence-corrected chi connectivity index (χ2v) is 7.62. The van der Waals surface area contributed by atoms with Gasteiger partial charge in [0.25, 0.3) is 0 Å². The van der Waals surface area contributed by atoms with Gasteiger partial charge in [0.2, 0.25) is 5.88 Å². The van der Waals surface area contributed by atoms with Crippen molar-refractivity contribution in [2.24, 2.45) is 5.92 Å². The smallest absolute Gasteiger partial charge is 0.239 e. The number of hydrogen-bond donors (Lipinski definition) is 2. The Balaban J connectivity index is 2.74. The van der Waals surface area contributed by atoms with E-state index in [0.29, 0.717) is 29.9 Å². The van der Waals surface area contributed by atoms with Crippen molar-refractivity contribution < 1.29 is 13.2 Å². The van der Waals surface area contributed by atoms with Gasteiger partial charge in [0, 0.05) is 12.3 Å². The average molecular weight is 301 g/mol. The normalized spacial score (nSPS) is 13.2. The van der Waals surface area contributed by atoms with Gasteiger partial charge in [-0.05, 0) is 25.0 Å². The van der Waals surface area contributed by atoms with E-state index in [4.69, 9.17) is 10.5 Å². The molecule has 0 radical (unpaired) electrons. The summed E-state index contributed by atoms with van der Waals surface area (Å²) in [4.78, 5) is 4.26. The zero-order valence-corrected chi connectivity index (χ0v) is 13.2. The number of nitrogens with zero attached hydrogens (tertiary/aromatic N) is 1. The number of rotatable bonds is 7. The van der Waals surface area contributed by atoms with Crippen molar-refractivity contribution in [1.82, 2.24) is 4.98 Å². The molecule has 0 aliphatic carbocycles. The fourth-order valence-electron chi connectivity index (χ4n) is 1.64. The second-order valence-electron chi connectivity index (χ2n) is 5.43. The molecule has 114 valence electrons. The fourth-order valence-corrected chi connectivity index (χ4v) is 2.63. The second kappa shape index (κ2) is 6.78. The van der Waals surface area contributed by atoms with Crippen LogP contribution in [-0.2, 0) is 9.84 Å². The Morgan fingerprint density at radius 2 is 2.00 bits per heavy atom. The molecule has 0 saturated carbocycles. The van der Waals surface area contributed by atoms with Crippen LogP contribution in [0.4, 0.5) is 11.5 Å². The highest BCUT2D eigenvalue weighted by Gasteiger charge is 2.12. The minimum Gasteiger partial charge on any atom is -0.476 e. The molecule has 0 aromatic carbocycles. The maximum Gasteiger partial charge on any atom is 0.239 e. The van der Waals surface area contributed by atoms with E-state index < -0.39 is 9.84 Å². The molecule has 0 aliphatic rings. The highest BCUT2D eigenvalue weighted by atomic mass is 32.2. The van der Waals surface area contributed by atoms with Crippen LogP contribution in [0.25, 0.3) is 0 Å².